The molecule has 1 saturated heterocycles. The molecule has 2 aliphatic heterocycles. The van der Waals surface area contributed by atoms with Crippen molar-refractivity contribution in [2.75, 3.05) is 36.1 Å². The molecule has 2 aromatic heterocycles. The lowest BCUT2D eigenvalue weighted by molar-refractivity contribution is -0.170. The maximum atomic E-state index is 13.8. The van der Waals surface area contributed by atoms with Crippen LogP contribution in [-0.2, 0) is 4.74 Å². The Morgan fingerprint density at radius 3 is 2.72 bits per heavy atom. The van der Waals surface area contributed by atoms with E-state index in [1.807, 2.05) is 25.7 Å². The molecule has 11 heteroatoms. The van der Waals surface area contributed by atoms with Crippen molar-refractivity contribution in [3.63, 3.8) is 0 Å². The number of alkyl halides is 3. The predicted molar refractivity (Wildman–Crippen MR) is 113 cm³/mol. The molecule has 0 radical (unpaired) electrons. The molecule has 32 heavy (non-hydrogen) atoms. The Kier molecular flexibility index (Phi) is 6.02. The predicted octanol–water partition coefficient (Wildman–Crippen LogP) is 3.30. The fourth-order valence-corrected chi connectivity index (χ4v) is 4.07. The zero-order valence-electron chi connectivity index (χ0n) is 18.2. The molecule has 0 aromatic carbocycles. The van der Waals surface area contributed by atoms with Crippen LogP contribution in [0.25, 0.3) is 0 Å². The standard InChI is InChI=1S/C21H26F3N5O3/c1-13(2)32-18-10-15(4-6-25-18)28-7-5-16(21(22,23)24)29-19(30)11-17(26-20(28)29)27-8-9-31-12-14(27)3/h4,6,10-11,13-14,16H,5,7-9,12H2,1-3H3/t14-,16?/m1/s1. The van der Waals surface area contributed by atoms with Crippen LogP contribution in [0.15, 0.2) is 29.2 Å². The summed E-state index contributed by atoms with van der Waals surface area (Å²) in [7, 11) is 0. The quantitative estimate of drug-likeness (QED) is 0.703. The first-order valence-corrected chi connectivity index (χ1v) is 10.6. The third-order valence-corrected chi connectivity index (χ3v) is 5.53. The minimum absolute atomic E-state index is 0.0403. The van der Waals surface area contributed by atoms with Crippen molar-refractivity contribution in [2.45, 2.75) is 51.6 Å². The molecule has 2 aromatic rings. The summed E-state index contributed by atoms with van der Waals surface area (Å²) in [6.07, 6.45) is -3.42. The lowest BCUT2D eigenvalue weighted by Gasteiger charge is -2.39. The van der Waals surface area contributed by atoms with E-state index in [-0.39, 0.29) is 31.1 Å². The first-order valence-electron chi connectivity index (χ1n) is 10.6. The highest BCUT2D eigenvalue weighted by Crippen LogP contribution is 2.41. The molecule has 1 unspecified atom stereocenters. The Morgan fingerprint density at radius 2 is 2.03 bits per heavy atom. The summed E-state index contributed by atoms with van der Waals surface area (Å²) in [6, 6.07) is 2.52. The number of halogens is 3. The summed E-state index contributed by atoms with van der Waals surface area (Å²) < 4.78 is 53.2. The van der Waals surface area contributed by atoms with Crippen LogP contribution < -0.4 is 20.1 Å². The summed E-state index contributed by atoms with van der Waals surface area (Å²) in [5, 5.41) is 0. The normalized spacial score (nSPS) is 21.6. The Labute approximate surface area is 183 Å². The van der Waals surface area contributed by atoms with Gasteiger partial charge in [-0.05, 0) is 33.3 Å². The number of hydrogen-bond acceptors (Lipinski definition) is 7. The molecule has 4 heterocycles. The third-order valence-electron chi connectivity index (χ3n) is 5.53. The van der Waals surface area contributed by atoms with Crippen LogP contribution in [0.5, 0.6) is 5.88 Å². The first-order chi connectivity index (χ1) is 15.1. The lowest BCUT2D eigenvalue weighted by Crippen LogP contribution is -2.47. The van der Waals surface area contributed by atoms with E-state index in [1.165, 1.54) is 12.3 Å². The highest BCUT2D eigenvalue weighted by Gasteiger charge is 2.46. The van der Waals surface area contributed by atoms with Gasteiger partial charge in [-0.3, -0.25) is 9.36 Å². The van der Waals surface area contributed by atoms with Crippen molar-refractivity contribution in [1.82, 2.24) is 14.5 Å². The zero-order valence-corrected chi connectivity index (χ0v) is 18.2. The van der Waals surface area contributed by atoms with Gasteiger partial charge < -0.3 is 19.3 Å². The van der Waals surface area contributed by atoms with Crippen LogP contribution in [0.3, 0.4) is 0 Å². The van der Waals surface area contributed by atoms with Crippen molar-refractivity contribution < 1.29 is 22.6 Å². The van der Waals surface area contributed by atoms with Gasteiger partial charge in [0, 0.05) is 31.4 Å². The summed E-state index contributed by atoms with van der Waals surface area (Å²) in [4.78, 5) is 25.2. The van der Waals surface area contributed by atoms with Crippen LogP contribution in [0.1, 0.15) is 33.2 Å². The molecule has 0 aliphatic carbocycles. The Hall–Kier alpha value is -2.82. The lowest BCUT2D eigenvalue weighted by atomic mass is 10.1. The number of fused-ring (bicyclic) bond motifs is 1. The van der Waals surface area contributed by atoms with Gasteiger partial charge >= 0.3 is 6.18 Å². The molecule has 4 rings (SSSR count). The molecule has 0 amide bonds. The van der Waals surface area contributed by atoms with Gasteiger partial charge in [0.2, 0.25) is 11.8 Å². The van der Waals surface area contributed by atoms with Crippen molar-refractivity contribution in [3.05, 3.63) is 34.7 Å². The van der Waals surface area contributed by atoms with Crippen molar-refractivity contribution in [3.8, 4) is 5.88 Å². The minimum atomic E-state index is -4.57. The highest BCUT2D eigenvalue weighted by molar-refractivity contribution is 5.61. The summed E-state index contributed by atoms with van der Waals surface area (Å²) >= 11 is 0. The number of pyridine rings is 1. The molecular weight excluding hydrogens is 427 g/mol. The fourth-order valence-electron chi connectivity index (χ4n) is 4.07. The molecule has 0 N–H and O–H groups in total. The summed E-state index contributed by atoms with van der Waals surface area (Å²) in [5.41, 5.74) is -0.174. The van der Waals surface area contributed by atoms with E-state index in [1.54, 1.807) is 17.0 Å². The van der Waals surface area contributed by atoms with Crippen LogP contribution in [0.4, 0.5) is 30.6 Å². The average Bonchev–Trinajstić information content (AvgIpc) is 2.72. The van der Waals surface area contributed by atoms with E-state index < -0.39 is 17.8 Å². The van der Waals surface area contributed by atoms with E-state index in [4.69, 9.17) is 9.47 Å². The van der Waals surface area contributed by atoms with E-state index in [2.05, 4.69) is 9.97 Å². The smallest absolute Gasteiger partial charge is 0.409 e. The van der Waals surface area contributed by atoms with Gasteiger partial charge in [-0.1, -0.05) is 0 Å². The average molecular weight is 453 g/mol. The van der Waals surface area contributed by atoms with Gasteiger partial charge in [0.05, 0.1) is 31.0 Å². The Morgan fingerprint density at radius 1 is 1.25 bits per heavy atom. The van der Waals surface area contributed by atoms with Crippen LogP contribution >= 0.6 is 0 Å². The molecular formula is C21H26F3N5O3. The Bertz CT molecular complexity index is 1030. The molecule has 2 aliphatic rings. The number of morpholine rings is 1. The fraction of sp³-hybridized carbons (Fsp3) is 0.571. The molecule has 8 nitrogen and oxygen atoms in total. The number of ether oxygens (including phenoxy) is 2. The topological polar surface area (TPSA) is 72.7 Å². The van der Waals surface area contributed by atoms with E-state index in [9.17, 15) is 18.0 Å². The van der Waals surface area contributed by atoms with E-state index >= 15 is 0 Å². The molecule has 1 fully saturated rings. The number of aromatic nitrogens is 3. The molecule has 0 saturated carbocycles. The Balaban J connectivity index is 1.83. The van der Waals surface area contributed by atoms with Gasteiger partial charge in [-0.15, -0.1) is 0 Å². The van der Waals surface area contributed by atoms with Crippen LogP contribution in [-0.4, -0.2) is 59.2 Å². The van der Waals surface area contributed by atoms with Gasteiger partial charge in [-0.2, -0.15) is 18.2 Å². The highest BCUT2D eigenvalue weighted by atomic mass is 19.4. The van der Waals surface area contributed by atoms with Gasteiger partial charge in [-0.25, -0.2) is 4.98 Å². The van der Waals surface area contributed by atoms with Gasteiger partial charge in [0.15, 0.2) is 0 Å². The van der Waals surface area contributed by atoms with Crippen LogP contribution in [0.2, 0.25) is 0 Å². The molecule has 0 spiro atoms. The number of hydrogen-bond donors (Lipinski definition) is 0. The molecule has 2 atom stereocenters. The largest absolute Gasteiger partial charge is 0.475 e. The maximum Gasteiger partial charge on any atom is 0.409 e. The van der Waals surface area contributed by atoms with Gasteiger partial charge in [0.25, 0.3) is 5.56 Å². The molecule has 0 bridgehead atoms. The number of nitrogens with zero attached hydrogens (tertiary/aromatic N) is 5. The van der Waals surface area contributed by atoms with Crippen molar-refractivity contribution in [2.24, 2.45) is 0 Å². The number of rotatable bonds is 4. The number of anilines is 3. The zero-order chi connectivity index (χ0) is 23.0. The van der Waals surface area contributed by atoms with E-state index in [0.717, 1.165) is 4.57 Å². The second-order valence-electron chi connectivity index (χ2n) is 8.26. The van der Waals surface area contributed by atoms with Crippen molar-refractivity contribution in [1.29, 1.82) is 0 Å². The second kappa shape index (κ2) is 8.61. The molecule has 174 valence electrons. The summed E-state index contributed by atoms with van der Waals surface area (Å²) in [5.74, 6) is 0.654. The first kappa shape index (κ1) is 22.4. The minimum Gasteiger partial charge on any atom is -0.475 e. The van der Waals surface area contributed by atoms with Gasteiger partial charge in [0.1, 0.15) is 11.9 Å². The monoisotopic (exact) mass is 453 g/mol. The summed E-state index contributed by atoms with van der Waals surface area (Å²) in [6.45, 7) is 7.09. The van der Waals surface area contributed by atoms with Crippen LogP contribution in [0, 0.1) is 0 Å². The maximum absolute atomic E-state index is 13.8. The van der Waals surface area contributed by atoms with Crippen molar-refractivity contribution >= 4 is 17.5 Å². The second-order valence-corrected chi connectivity index (χ2v) is 8.26. The third kappa shape index (κ3) is 4.38. The van der Waals surface area contributed by atoms with E-state index in [0.29, 0.717) is 37.1 Å². The SMILES string of the molecule is CC(C)Oc1cc(N2CCC(C(F)(F)F)n3c2nc(N2CCOC[C@H]2C)cc3=O)ccn1.